The van der Waals surface area contributed by atoms with E-state index in [0.717, 1.165) is 11.1 Å². The lowest BCUT2D eigenvalue weighted by atomic mass is 10.1. The highest BCUT2D eigenvalue weighted by Crippen LogP contribution is 2.25. The second kappa shape index (κ2) is 8.29. The van der Waals surface area contributed by atoms with Gasteiger partial charge < -0.3 is 4.74 Å². The van der Waals surface area contributed by atoms with Crippen LogP contribution in [0.2, 0.25) is 0 Å². The van der Waals surface area contributed by atoms with Crippen LogP contribution in [0.1, 0.15) is 62.3 Å². The Morgan fingerprint density at radius 1 is 1.07 bits per heavy atom. The zero-order valence-corrected chi connectivity index (χ0v) is 18.9. The van der Waals surface area contributed by atoms with Gasteiger partial charge in [0.05, 0.1) is 21.6 Å². The molecule has 1 heterocycles. The number of ether oxygens (including phenoxy) is 1. The number of imide groups is 1. The van der Waals surface area contributed by atoms with E-state index in [0.29, 0.717) is 0 Å². The lowest BCUT2D eigenvalue weighted by Gasteiger charge is -2.24. The fraction of sp³-hybridized carbons (Fsp3) is 0.524. The first-order chi connectivity index (χ1) is 13.6. The van der Waals surface area contributed by atoms with Gasteiger partial charge in [-0.05, 0) is 53.7 Å². The zero-order valence-electron chi connectivity index (χ0n) is 18.1. The summed E-state index contributed by atoms with van der Waals surface area (Å²) in [7, 11) is -3.62. The maximum Gasteiger partial charge on any atom is 0.433 e. The van der Waals surface area contributed by atoms with E-state index in [1.54, 1.807) is 65.8 Å². The van der Waals surface area contributed by atoms with E-state index in [1.165, 1.54) is 0 Å². The molecule has 0 aromatic heterocycles. The molecule has 2 rings (SSSR count). The molecule has 1 aliphatic rings. The van der Waals surface area contributed by atoms with Crippen molar-refractivity contribution in [3.63, 3.8) is 0 Å². The predicted octanol–water partition coefficient (Wildman–Crippen LogP) is 3.12. The molecule has 3 amide bonds. The van der Waals surface area contributed by atoms with Crippen LogP contribution in [-0.4, -0.2) is 60.1 Å². The third-order valence-electron chi connectivity index (χ3n) is 4.45. The number of rotatable bonds is 5. The molecule has 164 valence electrons. The molecule has 0 saturated heterocycles. The van der Waals surface area contributed by atoms with Crippen molar-refractivity contribution in [1.82, 2.24) is 4.90 Å². The van der Waals surface area contributed by atoms with Crippen molar-refractivity contribution in [2.24, 2.45) is 10.9 Å². The number of amides is 3. The van der Waals surface area contributed by atoms with Gasteiger partial charge >= 0.3 is 6.09 Å². The van der Waals surface area contributed by atoms with Crippen molar-refractivity contribution >= 4 is 34.0 Å². The van der Waals surface area contributed by atoms with E-state index < -0.39 is 44.0 Å². The van der Waals surface area contributed by atoms with E-state index in [9.17, 15) is 22.8 Å². The molecule has 0 aliphatic carbocycles. The molecule has 1 aromatic carbocycles. The van der Waals surface area contributed by atoms with Gasteiger partial charge in [0.1, 0.15) is 5.60 Å². The van der Waals surface area contributed by atoms with Crippen molar-refractivity contribution in [2.45, 2.75) is 51.9 Å². The largest absolute Gasteiger partial charge is 0.442 e. The first kappa shape index (κ1) is 23.7. The molecule has 0 bridgehead atoms. The summed E-state index contributed by atoms with van der Waals surface area (Å²) in [5.74, 6) is -2.25. The Morgan fingerprint density at radius 3 is 2.00 bits per heavy atom. The highest BCUT2D eigenvalue weighted by atomic mass is 32.2. The van der Waals surface area contributed by atoms with Crippen LogP contribution in [0, 0.1) is 5.92 Å². The first-order valence-electron chi connectivity index (χ1n) is 9.57. The molecule has 8 nitrogen and oxygen atoms in total. The molecule has 0 N–H and O–H groups in total. The summed E-state index contributed by atoms with van der Waals surface area (Å²) in [4.78, 5) is 42.0. The maximum absolute atomic E-state index is 12.7. The topological polar surface area (TPSA) is 110 Å². The SMILES string of the molecule is CC(C)(C)OC(=O)N=CC(CN1C(=O)c2ccccc2C1=O)CS(=O)(=O)C(C)(C)C. The van der Waals surface area contributed by atoms with Gasteiger partial charge in [0.2, 0.25) is 0 Å². The lowest BCUT2D eigenvalue weighted by molar-refractivity contribution is 0.0604. The Balaban J connectivity index is 2.29. The molecule has 0 fully saturated rings. The smallest absolute Gasteiger partial charge is 0.433 e. The number of nitrogens with zero attached hydrogens (tertiary/aromatic N) is 2. The molecule has 0 saturated carbocycles. The Kier molecular flexibility index (Phi) is 6.56. The van der Waals surface area contributed by atoms with E-state index in [-0.39, 0.29) is 23.4 Å². The molecule has 1 aliphatic heterocycles. The van der Waals surface area contributed by atoms with Gasteiger partial charge in [-0.3, -0.25) is 14.5 Å². The van der Waals surface area contributed by atoms with Crippen molar-refractivity contribution in [2.75, 3.05) is 12.3 Å². The summed E-state index contributed by atoms with van der Waals surface area (Å²) in [5.41, 5.74) is -0.225. The Morgan fingerprint density at radius 2 is 1.57 bits per heavy atom. The van der Waals surface area contributed by atoms with Crippen molar-refractivity contribution in [3.05, 3.63) is 35.4 Å². The van der Waals surface area contributed by atoms with Crippen LogP contribution in [0.5, 0.6) is 0 Å². The van der Waals surface area contributed by atoms with Gasteiger partial charge in [-0.1, -0.05) is 12.1 Å². The van der Waals surface area contributed by atoms with Crippen molar-refractivity contribution in [1.29, 1.82) is 0 Å². The average molecular weight is 437 g/mol. The predicted molar refractivity (Wildman–Crippen MR) is 114 cm³/mol. The minimum Gasteiger partial charge on any atom is -0.442 e. The van der Waals surface area contributed by atoms with Crippen LogP contribution in [-0.2, 0) is 14.6 Å². The molecule has 30 heavy (non-hydrogen) atoms. The van der Waals surface area contributed by atoms with Crippen molar-refractivity contribution in [3.8, 4) is 0 Å². The van der Waals surface area contributed by atoms with Gasteiger partial charge in [0.25, 0.3) is 11.8 Å². The summed E-state index contributed by atoms with van der Waals surface area (Å²) in [6.07, 6.45) is 0.281. The minimum atomic E-state index is -3.62. The summed E-state index contributed by atoms with van der Waals surface area (Å²) in [6.45, 7) is 9.52. The number of sulfone groups is 1. The highest BCUT2D eigenvalue weighted by molar-refractivity contribution is 7.92. The molecular weight excluding hydrogens is 408 g/mol. The number of benzene rings is 1. The van der Waals surface area contributed by atoms with E-state index in [2.05, 4.69) is 4.99 Å². The number of carbonyl (C=O) groups excluding carboxylic acids is 3. The summed E-state index contributed by atoms with van der Waals surface area (Å²) in [5, 5.41) is 0. The minimum absolute atomic E-state index is 0.214. The summed E-state index contributed by atoms with van der Waals surface area (Å²) in [6, 6.07) is 6.40. The lowest BCUT2D eigenvalue weighted by Crippen LogP contribution is -2.40. The van der Waals surface area contributed by atoms with E-state index in [4.69, 9.17) is 4.74 Å². The standard InChI is InChI=1S/C21H28N2O6S/c1-20(2,3)29-19(26)22-11-14(13-30(27,28)21(4,5)6)12-23-17(24)15-9-7-8-10-16(15)18(23)25/h7-11,14H,12-13H2,1-6H3. The number of hydrogen-bond donors (Lipinski definition) is 0. The Bertz CT molecular complexity index is 948. The first-order valence-corrected chi connectivity index (χ1v) is 11.2. The van der Waals surface area contributed by atoms with Gasteiger partial charge in [-0.25, -0.2) is 13.2 Å². The second-order valence-electron chi connectivity index (χ2n) is 9.18. The van der Waals surface area contributed by atoms with Gasteiger partial charge in [-0.2, -0.15) is 4.99 Å². The summed E-state index contributed by atoms with van der Waals surface area (Å²) < 4.78 is 29.5. The van der Waals surface area contributed by atoms with E-state index >= 15 is 0 Å². The second-order valence-corrected chi connectivity index (χ2v) is 12.0. The average Bonchev–Trinajstić information content (AvgIpc) is 2.82. The highest BCUT2D eigenvalue weighted by Gasteiger charge is 2.38. The number of fused-ring (bicyclic) bond motifs is 1. The molecular formula is C21H28N2O6S. The van der Waals surface area contributed by atoms with Crippen LogP contribution in [0.3, 0.4) is 0 Å². The number of hydrogen-bond acceptors (Lipinski definition) is 6. The summed E-state index contributed by atoms with van der Waals surface area (Å²) >= 11 is 0. The monoisotopic (exact) mass is 436 g/mol. The molecule has 1 aromatic rings. The van der Waals surface area contributed by atoms with Crippen LogP contribution >= 0.6 is 0 Å². The fourth-order valence-corrected chi connectivity index (χ4v) is 4.02. The van der Waals surface area contributed by atoms with Gasteiger partial charge in [-0.15, -0.1) is 0 Å². The Labute approximate surface area is 177 Å². The Hall–Kier alpha value is -2.55. The molecule has 9 heteroatoms. The van der Waals surface area contributed by atoms with Crippen LogP contribution in [0.4, 0.5) is 4.79 Å². The quantitative estimate of drug-likeness (QED) is 0.518. The number of carbonyl (C=O) groups is 3. The zero-order chi connectivity index (χ0) is 22.9. The maximum atomic E-state index is 12.7. The van der Waals surface area contributed by atoms with Crippen LogP contribution in [0.15, 0.2) is 29.3 Å². The normalized spacial score (nSPS) is 16.1. The third kappa shape index (κ3) is 5.53. The van der Waals surface area contributed by atoms with Crippen molar-refractivity contribution < 1.29 is 27.5 Å². The van der Waals surface area contributed by atoms with Crippen LogP contribution in [0.25, 0.3) is 0 Å². The van der Waals surface area contributed by atoms with Gasteiger partial charge in [0, 0.05) is 18.7 Å². The van der Waals surface area contributed by atoms with Crippen LogP contribution < -0.4 is 0 Å². The third-order valence-corrected chi connectivity index (χ3v) is 7.18. The molecule has 0 spiro atoms. The van der Waals surface area contributed by atoms with E-state index in [1.807, 2.05) is 0 Å². The van der Waals surface area contributed by atoms with Gasteiger partial charge in [0.15, 0.2) is 9.84 Å². The number of aliphatic imine (C=N–C) groups is 1. The molecule has 0 radical (unpaired) electrons. The molecule has 1 atom stereocenters. The fourth-order valence-electron chi connectivity index (χ4n) is 2.77. The molecule has 1 unspecified atom stereocenters.